The minimum Gasteiger partial charge on any atom is -0.335 e. The monoisotopic (exact) mass is 279 g/mol. The Balaban J connectivity index is 0.00000162. The molecule has 6 heteroatoms. The van der Waals surface area contributed by atoms with Crippen LogP contribution in [0.3, 0.4) is 0 Å². The molecule has 106 valence electrons. The molecule has 2 rings (SSSR count). The summed E-state index contributed by atoms with van der Waals surface area (Å²) in [4.78, 5) is 14.0. The molecule has 0 aromatic heterocycles. The van der Waals surface area contributed by atoms with Gasteiger partial charge in [0.25, 0.3) is 5.91 Å². The zero-order valence-corrected chi connectivity index (χ0v) is 11.6. The van der Waals surface area contributed by atoms with Crippen molar-refractivity contribution < 1.29 is 9.18 Å². The van der Waals surface area contributed by atoms with Crippen molar-refractivity contribution in [2.75, 3.05) is 26.2 Å². The van der Waals surface area contributed by atoms with Crippen LogP contribution >= 0.6 is 12.4 Å². The first kappa shape index (κ1) is 15.7. The van der Waals surface area contributed by atoms with Crippen LogP contribution in [0, 0.1) is 5.92 Å². The van der Waals surface area contributed by atoms with Crippen LogP contribution in [0.4, 0.5) is 4.39 Å². The number of rotatable bonds is 2. The van der Waals surface area contributed by atoms with Crippen molar-refractivity contribution in [1.29, 1.82) is 0 Å². The van der Waals surface area contributed by atoms with Crippen LogP contribution in [0.2, 0.25) is 0 Å². The molecule has 0 aromatic rings. The molecular formula is C12H23ClFN3O. The number of nitrogens with zero attached hydrogens (tertiary/aromatic N) is 1. The molecule has 0 aromatic carbocycles. The van der Waals surface area contributed by atoms with Crippen LogP contribution in [-0.2, 0) is 4.79 Å². The lowest BCUT2D eigenvalue weighted by Gasteiger charge is -2.41. The topological polar surface area (TPSA) is 58.4 Å². The molecule has 0 saturated carbocycles. The highest BCUT2D eigenvalue weighted by atomic mass is 35.5. The molecule has 3 unspecified atom stereocenters. The lowest BCUT2D eigenvalue weighted by molar-refractivity contribution is -0.147. The van der Waals surface area contributed by atoms with Crippen LogP contribution < -0.4 is 11.1 Å². The number of likely N-dealkylation sites (tertiary alicyclic amines) is 1. The third-order valence-electron chi connectivity index (χ3n) is 4.10. The van der Waals surface area contributed by atoms with Crippen LogP contribution in [0.15, 0.2) is 0 Å². The lowest BCUT2D eigenvalue weighted by atomic mass is 9.89. The van der Waals surface area contributed by atoms with Crippen molar-refractivity contribution in [3.63, 3.8) is 0 Å². The Morgan fingerprint density at radius 2 is 2.33 bits per heavy atom. The van der Waals surface area contributed by atoms with Crippen LogP contribution in [0.5, 0.6) is 0 Å². The molecular weight excluding hydrogens is 257 g/mol. The molecule has 1 amide bonds. The second kappa shape index (κ2) is 6.17. The van der Waals surface area contributed by atoms with E-state index in [1.54, 1.807) is 4.90 Å². The fraction of sp³-hybridized carbons (Fsp3) is 0.917. The first-order valence-electron chi connectivity index (χ1n) is 6.49. The summed E-state index contributed by atoms with van der Waals surface area (Å²) in [6.45, 7) is 3.90. The van der Waals surface area contributed by atoms with Crippen molar-refractivity contribution in [3.8, 4) is 0 Å². The fourth-order valence-corrected chi connectivity index (χ4v) is 2.96. The number of halogens is 2. The molecule has 4 nitrogen and oxygen atoms in total. The summed E-state index contributed by atoms with van der Waals surface area (Å²) in [6, 6.07) is 0.00414. The van der Waals surface area contributed by atoms with E-state index in [4.69, 9.17) is 5.73 Å². The fourth-order valence-electron chi connectivity index (χ4n) is 2.96. The quantitative estimate of drug-likeness (QED) is 0.782. The maximum absolute atomic E-state index is 14.4. The van der Waals surface area contributed by atoms with Gasteiger partial charge in [-0.3, -0.25) is 4.79 Å². The molecule has 0 radical (unpaired) electrons. The summed E-state index contributed by atoms with van der Waals surface area (Å²) in [6.07, 6.45) is 2.31. The predicted octanol–water partition coefficient (Wildman–Crippen LogP) is 0.696. The molecule has 0 aliphatic carbocycles. The van der Waals surface area contributed by atoms with E-state index in [1.165, 1.54) is 0 Å². The molecule has 3 N–H and O–H groups in total. The molecule has 0 bridgehead atoms. The van der Waals surface area contributed by atoms with Crippen LogP contribution in [0.25, 0.3) is 0 Å². The Labute approximate surface area is 114 Å². The van der Waals surface area contributed by atoms with E-state index in [9.17, 15) is 9.18 Å². The molecule has 2 fully saturated rings. The summed E-state index contributed by atoms with van der Waals surface area (Å²) in [7, 11) is 0. The van der Waals surface area contributed by atoms with Gasteiger partial charge in [0.15, 0.2) is 0 Å². The van der Waals surface area contributed by atoms with E-state index in [1.807, 2.05) is 0 Å². The Bertz CT molecular complexity index is 297. The number of hydrogen-bond acceptors (Lipinski definition) is 3. The van der Waals surface area contributed by atoms with Crippen molar-refractivity contribution >= 4 is 18.3 Å². The Morgan fingerprint density at radius 3 is 2.89 bits per heavy atom. The average molecular weight is 280 g/mol. The Hall–Kier alpha value is -0.390. The van der Waals surface area contributed by atoms with Crippen LogP contribution in [0.1, 0.15) is 26.2 Å². The molecule has 18 heavy (non-hydrogen) atoms. The zero-order valence-electron chi connectivity index (χ0n) is 10.8. The molecule has 2 heterocycles. The summed E-state index contributed by atoms with van der Waals surface area (Å²) in [5, 5.41) is 2.92. The van der Waals surface area contributed by atoms with E-state index in [2.05, 4.69) is 12.2 Å². The van der Waals surface area contributed by atoms with E-state index in [0.29, 0.717) is 25.6 Å². The third-order valence-corrected chi connectivity index (χ3v) is 4.10. The standard InChI is InChI=1S/C12H22FN3O.ClH/c1-9-3-2-6-16(10(9)7-14)11(17)12(13)4-5-15-8-12;/h9-10,15H,2-8,14H2,1H3;1H. The van der Waals surface area contributed by atoms with E-state index in [-0.39, 0.29) is 37.3 Å². The summed E-state index contributed by atoms with van der Waals surface area (Å²) >= 11 is 0. The Morgan fingerprint density at radius 1 is 1.61 bits per heavy atom. The number of nitrogens with two attached hydrogens (primary N) is 1. The normalized spacial score (nSPS) is 36.3. The minimum atomic E-state index is -1.70. The highest BCUT2D eigenvalue weighted by molar-refractivity contribution is 5.86. The maximum atomic E-state index is 14.4. The second-order valence-electron chi connectivity index (χ2n) is 5.31. The first-order valence-corrected chi connectivity index (χ1v) is 6.49. The number of hydrogen-bond donors (Lipinski definition) is 2. The largest absolute Gasteiger partial charge is 0.335 e. The van der Waals surface area contributed by atoms with Gasteiger partial charge in [-0.2, -0.15) is 0 Å². The zero-order chi connectivity index (χ0) is 12.5. The highest BCUT2D eigenvalue weighted by Crippen LogP contribution is 2.29. The van der Waals surface area contributed by atoms with Gasteiger partial charge >= 0.3 is 0 Å². The van der Waals surface area contributed by atoms with Gasteiger partial charge in [0.2, 0.25) is 5.67 Å². The Kier molecular flexibility index (Phi) is 5.37. The first-order chi connectivity index (χ1) is 8.08. The minimum absolute atomic E-state index is 0. The van der Waals surface area contributed by atoms with Gasteiger partial charge in [0.05, 0.1) is 0 Å². The third kappa shape index (κ3) is 2.78. The lowest BCUT2D eigenvalue weighted by Crippen LogP contribution is -2.57. The number of alkyl halides is 1. The van der Waals surface area contributed by atoms with Gasteiger partial charge in [-0.15, -0.1) is 12.4 Å². The van der Waals surface area contributed by atoms with Crippen molar-refractivity contribution in [2.24, 2.45) is 11.7 Å². The van der Waals surface area contributed by atoms with Gasteiger partial charge in [0.1, 0.15) is 0 Å². The van der Waals surface area contributed by atoms with Gasteiger partial charge in [-0.05, 0) is 25.3 Å². The van der Waals surface area contributed by atoms with Gasteiger partial charge in [-0.25, -0.2) is 4.39 Å². The van der Waals surface area contributed by atoms with Gasteiger partial charge in [0, 0.05) is 32.1 Å². The van der Waals surface area contributed by atoms with E-state index >= 15 is 0 Å². The number of nitrogens with one attached hydrogen (secondary N) is 1. The second-order valence-corrected chi connectivity index (χ2v) is 5.31. The number of carbonyl (C=O) groups is 1. The van der Waals surface area contributed by atoms with Crippen LogP contribution in [-0.4, -0.2) is 48.7 Å². The van der Waals surface area contributed by atoms with Crippen molar-refractivity contribution in [1.82, 2.24) is 10.2 Å². The SMILES string of the molecule is CC1CCCN(C(=O)C2(F)CCNC2)C1CN.Cl. The average Bonchev–Trinajstić information content (AvgIpc) is 2.76. The number of amides is 1. The highest BCUT2D eigenvalue weighted by Gasteiger charge is 2.46. The van der Waals surface area contributed by atoms with Crippen molar-refractivity contribution in [3.05, 3.63) is 0 Å². The van der Waals surface area contributed by atoms with E-state index in [0.717, 1.165) is 12.8 Å². The predicted molar refractivity (Wildman–Crippen MR) is 71.5 cm³/mol. The summed E-state index contributed by atoms with van der Waals surface area (Å²) in [5.74, 6) is 0.0140. The molecule has 2 aliphatic rings. The van der Waals surface area contributed by atoms with Gasteiger partial charge in [-0.1, -0.05) is 6.92 Å². The maximum Gasteiger partial charge on any atom is 0.261 e. The van der Waals surface area contributed by atoms with Gasteiger partial charge < -0.3 is 16.0 Å². The molecule has 3 atom stereocenters. The van der Waals surface area contributed by atoms with Crippen molar-refractivity contribution in [2.45, 2.75) is 37.9 Å². The number of piperidine rings is 1. The summed E-state index contributed by atoms with van der Waals surface area (Å²) in [5.41, 5.74) is 4.03. The number of carbonyl (C=O) groups excluding carboxylic acids is 1. The molecule has 2 saturated heterocycles. The van der Waals surface area contributed by atoms with E-state index < -0.39 is 5.67 Å². The molecule has 0 spiro atoms. The summed E-state index contributed by atoms with van der Waals surface area (Å²) < 4.78 is 14.4. The smallest absolute Gasteiger partial charge is 0.261 e. The molecule has 2 aliphatic heterocycles.